The standard InChI is InChI=1S/C26H24N2O/c1-26(2,3)21-14-12-18(13-15-21)25(29)28-27-17-24-22-10-6-4-8-19(22)16-20-9-5-7-11-23(20)24/h4-17H,1-3H3,(H,28,29). The minimum Gasteiger partial charge on any atom is -0.267 e. The minimum absolute atomic E-state index is 0.0581. The molecule has 29 heavy (non-hydrogen) atoms. The van der Waals surface area contributed by atoms with Crippen molar-refractivity contribution >= 4 is 33.7 Å². The smallest absolute Gasteiger partial charge is 0.267 e. The van der Waals surface area contributed by atoms with Gasteiger partial charge in [0, 0.05) is 11.1 Å². The third kappa shape index (κ3) is 3.90. The van der Waals surface area contributed by atoms with Gasteiger partial charge in [-0.2, -0.15) is 5.10 Å². The van der Waals surface area contributed by atoms with Gasteiger partial charge >= 0.3 is 0 Å². The van der Waals surface area contributed by atoms with Crippen molar-refractivity contribution < 1.29 is 4.79 Å². The Morgan fingerprint density at radius 1 is 0.828 bits per heavy atom. The fourth-order valence-electron chi connectivity index (χ4n) is 3.53. The van der Waals surface area contributed by atoms with Crippen molar-refractivity contribution in [3.8, 4) is 0 Å². The molecule has 0 bridgehead atoms. The van der Waals surface area contributed by atoms with Crippen LogP contribution in [0.25, 0.3) is 21.5 Å². The molecule has 4 aromatic carbocycles. The largest absolute Gasteiger partial charge is 0.271 e. The number of hydrogen-bond acceptors (Lipinski definition) is 2. The number of nitrogens with zero attached hydrogens (tertiary/aromatic N) is 1. The van der Waals surface area contributed by atoms with Gasteiger partial charge in [0.1, 0.15) is 0 Å². The van der Waals surface area contributed by atoms with Gasteiger partial charge in [0.05, 0.1) is 6.21 Å². The van der Waals surface area contributed by atoms with Crippen LogP contribution in [-0.2, 0) is 5.41 Å². The number of fused-ring (bicyclic) bond motifs is 2. The number of carbonyl (C=O) groups excluding carboxylic acids is 1. The summed E-state index contributed by atoms with van der Waals surface area (Å²) in [5, 5.41) is 8.78. The minimum atomic E-state index is -0.216. The highest BCUT2D eigenvalue weighted by atomic mass is 16.2. The van der Waals surface area contributed by atoms with Crippen LogP contribution < -0.4 is 5.43 Å². The summed E-state index contributed by atoms with van der Waals surface area (Å²) in [6, 6.07) is 26.3. The molecule has 0 aromatic heterocycles. The lowest BCUT2D eigenvalue weighted by Gasteiger charge is -2.18. The SMILES string of the molecule is CC(C)(C)c1ccc(C(=O)NN=Cc2c3ccccc3cc3ccccc23)cc1. The Hall–Kier alpha value is -3.46. The van der Waals surface area contributed by atoms with Gasteiger partial charge in [-0.15, -0.1) is 0 Å². The van der Waals surface area contributed by atoms with Crippen molar-refractivity contribution in [2.45, 2.75) is 26.2 Å². The van der Waals surface area contributed by atoms with Gasteiger partial charge in [0.2, 0.25) is 0 Å². The maximum Gasteiger partial charge on any atom is 0.271 e. The summed E-state index contributed by atoms with van der Waals surface area (Å²) < 4.78 is 0. The first-order valence-corrected chi connectivity index (χ1v) is 9.78. The molecule has 0 unspecified atom stereocenters. The van der Waals surface area contributed by atoms with E-state index in [2.05, 4.69) is 61.6 Å². The highest BCUT2D eigenvalue weighted by molar-refractivity contribution is 6.13. The fourth-order valence-corrected chi connectivity index (χ4v) is 3.53. The Bertz CT molecular complexity index is 1160. The van der Waals surface area contributed by atoms with Crippen LogP contribution in [0.5, 0.6) is 0 Å². The molecule has 0 aliphatic heterocycles. The average molecular weight is 380 g/mol. The number of hydrazone groups is 1. The van der Waals surface area contributed by atoms with E-state index < -0.39 is 0 Å². The summed E-state index contributed by atoms with van der Waals surface area (Å²) in [7, 11) is 0. The van der Waals surface area contributed by atoms with Crippen molar-refractivity contribution in [1.29, 1.82) is 0 Å². The molecule has 1 N–H and O–H groups in total. The van der Waals surface area contributed by atoms with Gasteiger partial charge in [-0.1, -0.05) is 81.4 Å². The van der Waals surface area contributed by atoms with Gasteiger partial charge in [-0.25, -0.2) is 5.43 Å². The summed E-state index contributed by atoms with van der Waals surface area (Å²) in [4.78, 5) is 12.5. The molecule has 0 spiro atoms. The molecule has 4 aromatic rings. The van der Waals surface area contributed by atoms with Crippen LogP contribution in [0.3, 0.4) is 0 Å². The molecule has 0 radical (unpaired) electrons. The first-order valence-electron chi connectivity index (χ1n) is 9.78. The van der Waals surface area contributed by atoms with Crippen molar-refractivity contribution in [3.05, 3.63) is 95.6 Å². The van der Waals surface area contributed by atoms with Crippen LogP contribution in [0, 0.1) is 0 Å². The number of benzene rings is 4. The Morgan fingerprint density at radius 2 is 1.38 bits per heavy atom. The fraction of sp³-hybridized carbons (Fsp3) is 0.154. The van der Waals surface area contributed by atoms with E-state index in [1.807, 2.05) is 48.5 Å². The second-order valence-corrected chi connectivity index (χ2v) is 8.26. The highest BCUT2D eigenvalue weighted by Gasteiger charge is 2.14. The summed E-state index contributed by atoms with van der Waals surface area (Å²) in [5.41, 5.74) is 5.52. The van der Waals surface area contributed by atoms with E-state index in [1.54, 1.807) is 6.21 Å². The predicted octanol–water partition coefficient (Wildman–Crippen LogP) is 6.05. The maximum absolute atomic E-state index is 12.5. The quantitative estimate of drug-likeness (QED) is 0.262. The predicted molar refractivity (Wildman–Crippen MR) is 122 cm³/mol. The molecule has 0 saturated carbocycles. The van der Waals surface area contributed by atoms with E-state index in [4.69, 9.17) is 0 Å². The molecule has 1 amide bonds. The van der Waals surface area contributed by atoms with Crippen LogP contribution in [0.1, 0.15) is 42.3 Å². The van der Waals surface area contributed by atoms with Crippen LogP contribution in [0.2, 0.25) is 0 Å². The van der Waals surface area contributed by atoms with Crippen molar-refractivity contribution in [2.75, 3.05) is 0 Å². The Labute approximate surface area is 171 Å². The number of nitrogens with one attached hydrogen (secondary N) is 1. The van der Waals surface area contributed by atoms with Gasteiger partial charge in [0.15, 0.2) is 0 Å². The second kappa shape index (κ2) is 7.51. The lowest BCUT2D eigenvalue weighted by molar-refractivity contribution is 0.0955. The molecule has 0 aliphatic carbocycles. The molecule has 3 heteroatoms. The zero-order valence-corrected chi connectivity index (χ0v) is 16.9. The van der Waals surface area contributed by atoms with E-state index in [1.165, 1.54) is 5.56 Å². The summed E-state index contributed by atoms with van der Waals surface area (Å²) in [6.45, 7) is 6.46. The molecule has 0 atom stereocenters. The molecular formula is C26H24N2O. The Kier molecular flexibility index (Phi) is 4.89. The highest BCUT2D eigenvalue weighted by Crippen LogP contribution is 2.27. The Morgan fingerprint density at radius 3 is 1.93 bits per heavy atom. The van der Waals surface area contributed by atoms with Crippen molar-refractivity contribution in [3.63, 3.8) is 0 Å². The number of amides is 1. The molecule has 0 aliphatic rings. The second-order valence-electron chi connectivity index (χ2n) is 8.26. The summed E-state index contributed by atoms with van der Waals surface area (Å²) >= 11 is 0. The van der Waals surface area contributed by atoms with Crippen molar-refractivity contribution in [2.24, 2.45) is 5.10 Å². The van der Waals surface area contributed by atoms with Crippen LogP contribution in [0.4, 0.5) is 0 Å². The molecule has 3 nitrogen and oxygen atoms in total. The molecule has 0 saturated heterocycles. The maximum atomic E-state index is 12.5. The van der Waals surface area contributed by atoms with E-state index >= 15 is 0 Å². The Balaban J connectivity index is 1.62. The van der Waals surface area contributed by atoms with Crippen LogP contribution >= 0.6 is 0 Å². The number of hydrogen-bond donors (Lipinski definition) is 1. The van der Waals surface area contributed by atoms with Gasteiger partial charge < -0.3 is 0 Å². The van der Waals surface area contributed by atoms with E-state index in [-0.39, 0.29) is 11.3 Å². The third-order valence-electron chi connectivity index (χ3n) is 5.19. The molecule has 0 fully saturated rings. The van der Waals surface area contributed by atoms with Gasteiger partial charge in [-0.3, -0.25) is 4.79 Å². The topological polar surface area (TPSA) is 41.5 Å². The summed E-state index contributed by atoms with van der Waals surface area (Å²) in [5.74, 6) is -0.216. The number of carbonyl (C=O) groups is 1. The summed E-state index contributed by atoms with van der Waals surface area (Å²) in [6.07, 6.45) is 1.74. The number of rotatable bonds is 3. The van der Waals surface area contributed by atoms with Crippen LogP contribution in [-0.4, -0.2) is 12.1 Å². The van der Waals surface area contributed by atoms with E-state index in [0.717, 1.165) is 27.1 Å². The average Bonchev–Trinajstić information content (AvgIpc) is 2.72. The third-order valence-corrected chi connectivity index (χ3v) is 5.19. The van der Waals surface area contributed by atoms with E-state index in [0.29, 0.717) is 5.56 Å². The monoisotopic (exact) mass is 380 g/mol. The van der Waals surface area contributed by atoms with Crippen molar-refractivity contribution in [1.82, 2.24) is 5.43 Å². The van der Waals surface area contributed by atoms with Gasteiger partial charge in [0.25, 0.3) is 5.91 Å². The molecule has 144 valence electrons. The molecule has 4 rings (SSSR count). The lowest BCUT2D eigenvalue weighted by Crippen LogP contribution is -2.18. The van der Waals surface area contributed by atoms with E-state index in [9.17, 15) is 4.79 Å². The van der Waals surface area contributed by atoms with Gasteiger partial charge in [-0.05, 0) is 50.7 Å². The first-order chi connectivity index (χ1) is 13.9. The molecular weight excluding hydrogens is 356 g/mol. The molecule has 0 heterocycles. The zero-order chi connectivity index (χ0) is 20.4. The lowest BCUT2D eigenvalue weighted by atomic mass is 9.87. The first kappa shape index (κ1) is 18.9. The van der Waals surface area contributed by atoms with Crippen LogP contribution in [0.15, 0.2) is 84.0 Å². The normalized spacial score (nSPS) is 12.0. The zero-order valence-electron chi connectivity index (χ0n) is 16.9.